The van der Waals surface area contributed by atoms with Crippen LogP contribution in [0.3, 0.4) is 0 Å². The Labute approximate surface area is 89.2 Å². The first-order chi connectivity index (χ1) is 4.21. The van der Waals surface area contributed by atoms with Gasteiger partial charge in [-0.05, 0) is 0 Å². The molecule has 0 amide bonds. The van der Waals surface area contributed by atoms with Gasteiger partial charge in [0.1, 0.15) is 0 Å². The molecule has 0 aromatic heterocycles. The van der Waals surface area contributed by atoms with Crippen LogP contribution in [0.2, 0.25) is 0 Å². The van der Waals surface area contributed by atoms with Crippen molar-refractivity contribution in [1.82, 2.24) is 0 Å². The highest BCUT2D eigenvalue weighted by Crippen LogP contribution is 2.26. The molecule has 0 aliphatic rings. The van der Waals surface area contributed by atoms with Gasteiger partial charge in [0.2, 0.25) is 0 Å². The van der Waals surface area contributed by atoms with Gasteiger partial charge in [0.25, 0.3) is 0 Å². The van der Waals surface area contributed by atoms with Gasteiger partial charge < -0.3 is 0 Å². The van der Waals surface area contributed by atoms with Crippen LogP contribution >= 0.6 is 66.5 Å². The fourth-order valence-corrected chi connectivity index (χ4v) is 5.10. The average Bonchev–Trinajstić information content (AvgIpc) is 1.57. The molecule has 0 heterocycles. The summed E-state index contributed by atoms with van der Waals surface area (Å²) in [7, 11) is 0. The topological polar surface area (TPSA) is 0 Å². The van der Waals surface area contributed by atoms with E-state index >= 15 is 0 Å². The van der Waals surface area contributed by atoms with Gasteiger partial charge in [-0.1, -0.05) is 11.4 Å². The second kappa shape index (κ2) is 4.24. The molecule has 0 atom stereocenters. The van der Waals surface area contributed by atoms with Crippen LogP contribution in [0.4, 0.5) is 0 Å². The normalized spacial score (nSPS) is 14.6. The van der Waals surface area contributed by atoms with Gasteiger partial charge in [0.15, 0.2) is 0 Å². The van der Waals surface area contributed by atoms with Crippen molar-refractivity contribution in [1.29, 1.82) is 0 Å². The van der Waals surface area contributed by atoms with Crippen LogP contribution in [0.5, 0.6) is 0 Å². The maximum absolute atomic E-state index is 5.47. The van der Waals surface area contributed by atoms with E-state index in [1.165, 1.54) is 11.4 Å². The van der Waals surface area contributed by atoms with E-state index in [9.17, 15) is 0 Å². The summed E-state index contributed by atoms with van der Waals surface area (Å²) in [6.45, 7) is 0. The van der Waals surface area contributed by atoms with Gasteiger partial charge in [-0.3, -0.25) is 0 Å². The number of rotatable bonds is 2. The summed E-state index contributed by atoms with van der Waals surface area (Å²) in [5.74, 6) is 0. The molecule has 0 bridgehead atoms. The molecule has 0 rings (SSSR count). The molecule has 0 saturated heterocycles. The fourth-order valence-electron chi connectivity index (χ4n) is 0.189. The van der Waals surface area contributed by atoms with Gasteiger partial charge in [-0.2, -0.15) is 0 Å². The van der Waals surface area contributed by atoms with E-state index in [4.69, 9.17) is 66.5 Å². The third-order valence-corrected chi connectivity index (χ3v) is 4.15. The maximum Gasteiger partial charge on any atom is 0.365 e. The van der Waals surface area contributed by atoms with E-state index in [2.05, 4.69) is 0 Å². The van der Waals surface area contributed by atoms with Crippen molar-refractivity contribution in [3.05, 3.63) is 11.4 Å². The Kier molecular flexibility index (Phi) is 5.05. The summed E-state index contributed by atoms with van der Waals surface area (Å²) in [6.07, 6.45) is 0. The van der Waals surface area contributed by atoms with E-state index in [1.54, 1.807) is 0 Å². The second-order valence-corrected chi connectivity index (χ2v) is 18.5. The van der Waals surface area contributed by atoms with Crippen LogP contribution in [-0.2, 0) is 0 Å². The van der Waals surface area contributed by atoms with E-state index in [0.717, 1.165) is 0 Å². The molecule has 0 saturated carbocycles. The lowest BCUT2D eigenvalue weighted by Crippen LogP contribution is -2.10. The summed E-state index contributed by atoms with van der Waals surface area (Å²) in [4.78, 5) is 0. The molecule has 0 N–H and O–H groups in total. The number of hydrogen-bond donors (Lipinski definition) is 0. The molecule has 0 aliphatic heterocycles. The predicted octanol–water partition coefficient (Wildman–Crippen LogP) is 3.93. The smallest absolute Gasteiger partial charge is 0.121 e. The zero-order valence-corrected chi connectivity index (χ0v) is 11.0. The average molecular weight is 295 g/mol. The van der Waals surface area contributed by atoms with E-state index in [-0.39, 0.29) is 0 Å². The predicted molar refractivity (Wildman–Crippen MR) is 55.8 cm³/mol. The molecular weight excluding hydrogens is 293 g/mol. The summed E-state index contributed by atoms with van der Waals surface area (Å²) >= 11 is 32.8. The molecule has 0 aromatic carbocycles. The van der Waals surface area contributed by atoms with Crippen LogP contribution in [0.1, 0.15) is 0 Å². The zero-order valence-electron chi connectivity index (χ0n) is 4.42. The van der Waals surface area contributed by atoms with E-state index in [1.807, 2.05) is 0 Å². The quantitative estimate of drug-likeness (QED) is 0.535. The third kappa shape index (κ3) is 9.91. The Hall–Kier alpha value is 1.91. The van der Waals surface area contributed by atoms with Gasteiger partial charge in [-0.25, -0.2) is 0 Å². The van der Waals surface area contributed by atoms with Crippen molar-refractivity contribution in [2.45, 2.75) is 0 Å². The fraction of sp³-hybridized carbons (Fsp3) is 0. The largest absolute Gasteiger partial charge is 0.365 e. The molecule has 0 aromatic rings. The minimum absolute atomic E-state index is 1.37. The Morgan fingerprint density at radius 1 is 0.600 bits per heavy atom. The summed E-state index contributed by atoms with van der Waals surface area (Å²) in [6, 6.07) is -5.50. The lowest BCUT2D eigenvalue weighted by atomic mass is 11.2. The van der Waals surface area contributed by atoms with Crippen LogP contribution < -0.4 is 0 Å². The van der Waals surface area contributed by atoms with Crippen molar-refractivity contribution >= 4 is 78.5 Å². The summed E-state index contributed by atoms with van der Waals surface area (Å²) in [5, 5.41) is 0. The Balaban J connectivity index is 4.01. The first-order valence-corrected chi connectivity index (χ1v) is 12.3. The minimum Gasteiger partial charge on any atom is -0.121 e. The first kappa shape index (κ1) is 11.9. The van der Waals surface area contributed by atoms with Crippen molar-refractivity contribution < 1.29 is 0 Å². The molecule has 0 aliphatic carbocycles. The Bertz CT molecular complexity index is 114. The highest BCUT2D eigenvalue weighted by molar-refractivity contribution is 7.69. The van der Waals surface area contributed by atoms with Gasteiger partial charge in [0.05, 0.1) is 0 Å². The maximum atomic E-state index is 5.47. The summed E-state index contributed by atoms with van der Waals surface area (Å²) in [5.41, 5.74) is 2.74. The lowest BCUT2D eigenvalue weighted by Gasteiger charge is -2.02. The van der Waals surface area contributed by atoms with Crippen molar-refractivity contribution in [2.75, 3.05) is 0 Å². The molecule has 60 valence electrons. The third-order valence-electron chi connectivity index (χ3n) is 0.461. The Morgan fingerprint density at radius 2 is 0.800 bits per heavy atom. The summed E-state index contributed by atoms with van der Waals surface area (Å²) < 4.78 is 0. The van der Waals surface area contributed by atoms with E-state index < -0.39 is 12.0 Å². The molecule has 0 fully saturated rings. The molecule has 0 spiro atoms. The van der Waals surface area contributed by atoms with Crippen molar-refractivity contribution in [3.63, 3.8) is 0 Å². The first-order valence-electron chi connectivity index (χ1n) is 2.04. The number of hydrogen-bond acceptors (Lipinski definition) is 0. The monoisotopic (exact) mass is 292 g/mol. The molecule has 8 heteroatoms. The van der Waals surface area contributed by atoms with Crippen LogP contribution in [0.25, 0.3) is 0 Å². The molecule has 0 unspecified atom stereocenters. The van der Waals surface area contributed by atoms with Crippen LogP contribution in [0, 0.1) is 0 Å². The minimum atomic E-state index is -2.75. The van der Waals surface area contributed by atoms with Gasteiger partial charge >= 0.3 is 12.0 Å². The van der Waals surface area contributed by atoms with Gasteiger partial charge in [-0.15, -0.1) is 66.5 Å². The number of halogens is 6. The van der Waals surface area contributed by atoms with Crippen LogP contribution in [-0.4, -0.2) is 12.0 Å². The molecule has 10 heavy (non-hydrogen) atoms. The SMILES string of the molecule is Cl[Si](Cl)(Cl)/C=C/[Si](Cl)(Cl)Cl. The second-order valence-electron chi connectivity index (χ2n) is 1.42. The molecule has 0 radical (unpaired) electrons. The highest BCUT2D eigenvalue weighted by Gasteiger charge is 2.26. The Morgan fingerprint density at radius 3 is 0.900 bits per heavy atom. The molecule has 0 nitrogen and oxygen atoms in total. The molecular formula is C2H2Cl6Si2. The lowest BCUT2D eigenvalue weighted by molar-refractivity contribution is 2.40. The highest BCUT2D eigenvalue weighted by atomic mass is 35.8. The zero-order chi connectivity index (χ0) is 8.41. The standard InChI is InChI=1S/C2H2Cl6Si2/c3-9(4,5)1-2-10(6,7)8/h1-2H/b2-1+. The van der Waals surface area contributed by atoms with E-state index in [0.29, 0.717) is 0 Å². The van der Waals surface area contributed by atoms with Crippen LogP contribution in [0.15, 0.2) is 11.4 Å². The van der Waals surface area contributed by atoms with Crippen molar-refractivity contribution in [3.8, 4) is 0 Å². The van der Waals surface area contributed by atoms with Crippen molar-refractivity contribution in [2.24, 2.45) is 0 Å². The van der Waals surface area contributed by atoms with Gasteiger partial charge in [0, 0.05) is 0 Å².